The van der Waals surface area contributed by atoms with Crippen molar-refractivity contribution in [3.63, 3.8) is 0 Å². The van der Waals surface area contributed by atoms with Crippen LogP contribution in [0.4, 0.5) is 4.79 Å². The second kappa shape index (κ2) is 6.41. The highest BCUT2D eigenvalue weighted by molar-refractivity contribution is 6.16. The van der Waals surface area contributed by atoms with Gasteiger partial charge in [-0.25, -0.2) is 4.79 Å². The average molecular weight is 409 g/mol. The number of rotatable bonds is 1. The molecule has 2 atom stereocenters. The Balaban J connectivity index is 1.55. The normalized spacial score (nSPS) is 27.5. The maximum Gasteiger partial charge on any atom is 0.332 e. The monoisotopic (exact) mass is 408 g/mol. The summed E-state index contributed by atoms with van der Waals surface area (Å²) in [6.45, 7) is 6.08. The molecule has 0 aliphatic carbocycles. The fourth-order valence-electron chi connectivity index (χ4n) is 5.89. The molecule has 0 unspecified atom stereocenters. The molecule has 4 amide bonds. The second-order valence-corrected chi connectivity index (χ2v) is 9.68. The van der Waals surface area contributed by atoms with Gasteiger partial charge in [0.05, 0.1) is 6.04 Å². The van der Waals surface area contributed by atoms with E-state index >= 15 is 0 Å². The summed E-state index contributed by atoms with van der Waals surface area (Å²) < 4.78 is 0. The Labute approximate surface area is 176 Å². The van der Waals surface area contributed by atoms with E-state index in [1.165, 1.54) is 30.7 Å². The smallest absolute Gasteiger partial charge is 0.332 e. The van der Waals surface area contributed by atoms with Gasteiger partial charge in [-0.05, 0) is 35.8 Å². The van der Waals surface area contributed by atoms with Crippen LogP contribution in [0, 0.1) is 17.3 Å². The molecule has 3 aliphatic heterocycles. The van der Waals surface area contributed by atoms with Crippen molar-refractivity contribution in [1.82, 2.24) is 19.7 Å². The lowest BCUT2D eigenvalue weighted by atomic mass is 9.64. The Bertz CT molecular complexity index is 1050. The van der Waals surface area contributed by atoms with Crippen LogP contribution in [0.15, 0.2) is 24.3 Å². The first-order chi connectivity index (χ1) is 14.2. The molecule has 2 aromatic rings. The zero-order valence-corrected chi connectivity index (χ0v) is 17.9. The molecule has 1 aromatic carbocycles. The van der Waals surface area contributed by atoms with Crippen molar-refractivity contribution in [3.05, 3.63) is 35.5 Å². The van der Waals surface area contributed by atoms with Gasteiger partial charge in [0.1, 0.15) is 5.92 Å². The van der Waals surface area contributed by atoms with Crippen molar-refractivity contribution in [3.8, 4) is 0 Å². The van der Waals surface area contributed by atoms with Crippen LogP contribution in [0.3, 0.4) is 0 Å². The number of aromatic nitrogens is 1. The van der Waals surface area contributed by atoms with E-state index in [0.29, 0.717) is 6.42 Å². The molecule has 30 heavy (non-hydrogen) atoms. The molecule has 7 heteroatoms. The predicted octanol–water partition coefficient (Wildman–Crippen LogP) is 2.78. The molecule has 0 spiro atoms. The Morgan fingerprint density at radius 2 is 1.70 bits per heavy atom. The summed E-state index contributed by atoms with van der Waals surface area (Å²) in [5.74, 6) is -1.71. The van der Waals surface area contributed by atoms with Crippen LogP contribution in [-0.4, -0.2) is 64.7 Å². The maximum absolute atomic E-state index is 13.1. The van der Waals surface area contributed by atoms with Crippen LogP contribution in [0.5, 0.6) is 0 Å². The Kier molecular flexibility index (Phi) is 4.13. The van der Waals surface area contributed by atoms with Gasteiger partial charge in [0.2, 0.25) is 11.8 Å². The summed E-state index contributed by atoms with van der Waals surface area (Å²) in [4.78, 5) is 46.7. The zero-order chi connectivity index (χ0) is 21.4. The highest BCUT2D eigenvalue weighted by atomic mass is 16.2. The molecule has 0 bridgehead atoms. The molecule has 1 N–H and O–H groups in total. The third-order valence-electron chi connectivity index (χ3n) is 7.53. The molecule has 2 fully saturated rings. The summed E-state index contributed by atoms with van der Waals surface area (Å²) >= 11 is 0. The molecule has 0 radical (unpaired) electrons. The van der Waals surface area contributed by atoms with E-state index in [2.05, 4.69) is 41.9 Å². The van der Waals surface area contributed by atoms with Crippen LogP contribution in [0.2, 0.25) is 0 Å². The van der Waals surface area contributed by atoms with Gasteiger partial charge < -0.3 is 4.98 Å². The largest absolute Gasteiger partial charge is 0.357 e. The number of carbonyl (C=O) groups is 3. The average Bonchev–Trinajstić information content (AvgIpc) is 3.10. The summed E-state index contributed by atoms with van der Waals surface area (Å²) in [7, 11) is 2.94. The topological polar surface area (TPSA) is 76.7 Å². The van der Waals surface area contributed by atoms with E-state index in [4.69, 9.17) is 0 Å². The number of H-pyrrole nitrogens is 1. The third kappa shape index (κ3) is 2.57. The SMILES string of the molecule is CN1C(=O)C([C@@H]2C[C@H]3c4[nH]c5ccccc5c4CCN3CC2(C)C)C(=O)N(C)C1=O. The molecule has 3 aliphatic rings. The summed E-state index contributed by atoms with van der Waals surface area (Å²) in [5, 5.41) is 1.27. The maximum atomic E-state index is 13.1. The molecule has 4 heterocycles. The fourth-order valence-corrected chi connectivity index (χ4v) is 5.89. The first-order valence-corrected chi connectivity index (χ1v) is 10.6. The number of hydrogen-bond acceptors (Lipinski definition) is 4. The Morgan fingerprint density at radius 1 is 1.03 bits per heavy atom. The molecular formula is C23H28N4O3. The standard InChI is InChI=1S/C23H28N4O3/c1-23(2)12-27-10-9-14-13-7-5-6-8-16(13)24-19(14)17(27)11-15(23)18-20(28)25(3)22(30)26(4)21(18)29/h5-8,15,17-18,24H,9-12H2,1-4H3/t15-,17-/m0/s1. The first-order valence-electron chi connectivity index (χ1n) is 10.6. The van der Waals surface area contributed by atoms with E-state index in [0.717, 1.165) is 34.8 Å². The number of carbonyl (C=O) groups excluding carboxylic acids is 3. The number of fused-ring (bicyclic) bond motifs is 5. The van der Waals surface area contributed by atoms with E-state index in [1.54, 1.807) is 0 Å². The van der Waals surface area contributed by atoms with Crippen LogP contribution in [0.1, 0.15) is 37.6 Å². The van der Waals surface area contributed by atoms with Gasteiger partial charge in [-0.15, -0.1) is 0 Å². The van der Waals surface area contributed by atoms with Crippen molar-refractivity contribution in [1.29, 1.82) is 0 Å². The Hall–Kier alpha value is -2.67. The van der Waals surface area contributed by atoms with Crippen LogP contribution in [-0.2, 0) is 16.0 Å². The minimum absolute atomic E-state index is 0.144. The molecule has 2 saturated heterocycles. The van der Waals surface area contributed by atoms with Gasteiger partial charge in [0, 0.05) is 43.8 Å². The third-order valence-corrected chi connectivity index (χ3v) is 7.53. The molecule has 7 nitrogen and oxygen atoms in total. The highest BCUT2D eigenvalue weighted by Crippen LogP contribution is 2.50. The molecule has 1 aromatic heterocycles. The van der Waals surface area contributed by atoms with Gasteiger partial charge in [-0.3, -0.25) is 24.3 Å². The number of nitrogens with zero attached hydrogens (tertiary/aromatic N) is 3. The van der Waals surface area contributed by atoms with Crippen molar-refractivity contribution in [2.24, 2.45) is 17.3 Å². The first kappa shape index (κ1) is 19.3. The highest BCUT2D eigenvalue weighted by Gasteiger charge is 2.54. The number of para-hydroxylation sites is 1. The minimum atomic E-state index is -0.815. The Morgan fingerprint density at radius 3 is 2.40 bits per heavy atom. The number of aromatic amines is 1. The molecule has 0 saturated carbocycles. The number of barbiturate groups is 1. The lowest BCUT2D eigenvalue weighted by molar-refractivity contribution is -0.156. The van der Waals surface area contributed by atoms with Gasteiger partial charge >= 0.3 is 6.03 Å². The van der Waals surface area contributed by atoms with Crippen LogP contribution in [0.25, 0.3) is 10.9 Å². The van der Waals surface area contributed by atoms with Crippen molar-refractivity contribution >= 4 is 28.7 Å². The lowest BCUT2D eigenvalue weighted by Crippen LogP contribution is -2.62. The number of nitrogens with one attached hydrogen (secondary N) is 1. The molecular weight excluding hydrogens is 380 g/mol. The summed E-state index contributed by atoms with van der Waals surface area (Å²) in [6.07, 6.45) is 1.71. The number of piperidine rings is 1. The van der Waals surface area contributed by atoms with E-state index < -0.39 is 11.9 Å². The summed E-state index contributed by atoms with van der Waals surface area (Å²) in [6, 6.07) is 7.97. The van der Waals surface area contributed by atoms with Gasteiger partial charge in [-0.2, -0.15) is 0 Å². The van der Waals surface area contributed by atoms with Crippen LogP contribution < -0.4 is 0 Å². The number of amides is 4. The fraction of sp³-hybridized carbons (Fsp3) is 0.522. The molecule has 5 rings (SSSR count). The quantitative estimate of drug-likeness (QED) is 0.736. The lowest BCUT2D eigenvalue weighted by Gasteiger charge is -2.53. The zero-order valence-electron chi connectivity index (χ0n) is 17.9. The second-order valence-electron chi connectivity index (χ2n) is 9.68. The van der Waals surface area contributed by atoms with Crippen molar-refractivity contribution in [2.75, 3.05) is 27.2 Å². The number of benzene rings is 1. The van der Waals surface area contributed by atoms with Gasteiger partial charge in [0.15, 0.2) is 0 Å². The predicted molar refractivity (Wildman–Crippen MR) is 113 cm³/mol. The number of hydrogen-bond donors (Lipinski definition) is 1. The van der Waals surface area contributed by atoms with E-state index in [-0.39, 0.29) is 29.2 Å². The van der Waals surface area contributed by atoms with E-state index in [1.807, 2.05) is 6.07 Å². The van der Waals surface area contributed by atoms with Crippen molar-refractivity contribution < 1.29 is 14.4 Å². The van der Waals surface area contributed by atoms with Gasteiger partial charge in [-0.1, -0.05) is 32.0 Å². The molecule has 158 valence electrons. The number of imide groups is 2. The number of urea groups is 1. The van der Waals surface area contributed by atoms with Gasteiger partial charge in [0.25, 0.3) is 0 Å². The summed E-state index contributed by atoms with van der Waals surface area (Å²) in [5.41, 5.74) is 3.49. The minimum Gasteiger partial charge on any atom is -0.357 e. The van der Waals surface area contributed by atoms with E-state index in [9.17, 15) is 14.4 Å². The van der Waals surface area contributed by atoms with Crippen molar-refractivity contribution in [2.45, 2.75) is 32.7 Å². The van der Waals surface area contributed by atoms with Crippen LogP contribution >= 0.6 is 0 Å².